The Morgan fingerprint density at radius 2 is 1.81 bits per heavy atom. The van der Waals surface area contributed by atoms with E-state index in [9.17, 15) is 19.2 Å². The number of amides is 4. The number of terminal acetylenes is 1. The van der Waals surface area contributed by atoms with Crippen LogP contribution >= 0.6 is 0 Å². The van der Waals surface area contributed by atoms with Gasteiger partial charge in [0.05, 0.1) is 6.42 Å². The molecule has 0 radical (unpaired) electrons. The number of primary amides is 1. The molecule has 0 aromatic heterocycles. The van der Waals surface area contributed by atoms with Crippen molar-refractivity contribution in [3.63, 3.8) is 0 Å². The Labute approximate surface area is 217 Å². The second kappa shape index (κ2) is 13.4. The van der Waals surface area contributed by atoms with Crippen molar-refractivity contribution < 1.29 is 19.2 Å². The summed E-state index contributed by atoms with van der Waals surface area (Å²) in [5.74, 6) is 0.484. The molecular formula is C28H35N5O4. The van der Waals surface area contributed by atoms with Gasteiger partial charge in [0.1, 0.15) is 18.1 Å². The molecule has 1 saturated heterocycles. The van der Waals surface area contributed by atoms with Crippen LogP contribution in [0.3, 0.4) is 0 Å². The number of unbranched alkanes of at least 4 members (excludes halogenated alkanes) is 1. The molecule has 196 valence electrons. The fraction of sp³-hybridized carbons (Fsp3) is 0.429. The van der Waals surface area contributed by atoms with Gasteiger partial charge in [-0.1, -0.05) is 42.5 Å². The highest BCUT2D eigenvalue weighted by Gasteiger charge is 2.36. The molecule has 1 aliphatic heterocycles. The lowest BCUT2D eigenvalue weighted by Crippen LogP contribution is -2.56. The summed E-state index contributed by atoms with van der Waals surface area (Å²) in [6.07, 6.45) is 8.19. The van der Waals surface area contributed by atoms with Crippen LogP contribution in [0.5, 0.6) is 0 Å². The minimum Gasteiger partial charge on any atom is -0.368 e. The number of rotatable bonds is 12. The Morgan fingerprint density at radius 1 is 1.05 bits per heavy atom. The fourth-order valence-electron chi connectivity index (χ4n) is 4.69. The summed E-state index contributed by atoms with van der Waals surface area (Å²) in [7, 11) is 0. The first-order chi connectivity index (χ1) is 17.8. The zero-order valence-corrected chi connectivity index (χ0v) is 20.9. The van der Waals surface area contributed by atoms with Crippen molar-refractivity contribution >= 4 is 34.4 Å². The monoisotopic (exact) mass is 505 g/mol. The average molecular weight is 506 g/mol. The lowest BCUT2D eigenvalue weighted by atomic mass is 10.0. The molecular weight excluding hydrogens is 470 g/mol. The van der Waals surface area contributed by atoms with E-state index in [1.165, 1.54) is 0 Å². The van der Waals surface area contributed by atoms with Gasteiger partial charge in [0.25, 0.3) is 0 Å². The third-order valence-corrected chi connectivity index (χ3v) is 6.66. The van der Waals surface area contributed by atoms with Gasteiger partial charge in [-0.15, -0.1) is 12.3 Å². The summed E-state index contributed by atoms with van der Waals surface area (Å²) in [5.41, 5.74) is 11.8. The van der Waals surface area contributed by atoms with Gasteiger partial charge < -0.3 is 27.0 Å². The van der Waals surface area contributed by atoms with Crippen LogP contribution in [0.4, 0.5) is 0 Å². The van der Waals surface area contributed by atoms with Crippen molar-refractivity contribution in [3.8, 4) is 12.3 Å². The van der Waals surface area contributed by atoms with E-state index in [0.29, 0.717) is 45.2 Å². The van der Waals surface area contributed by atoms with E-state index in [2.05, 4.69) is 16.6 Å². The fourth-order valence-corrected chi connectivity index (χ4v) is 4.69. The Morgan fingerprint density at radius 3 is 2.54 bits per heavy atom. The summed E-state index contributed by atoms with van der Waals surface area (Å²) < 4.78 is 0. The average Bonchev–Trinajstić information content (AvgIpc) is 3.38. The van der Waals surface area contributed by atoms with Crippen molar-refractivity contribution in [1.29, 1.82) is 0 Å². The molecule has 0 saturated carbocycles. The van der Waals surface area contributed by atoms with Crippen LogP contribution in [-0.2, 0) is 25.6 Å². The van der Waals surface area contributed by atoms with E-state index in [1.54, 1.807) is 4.90 Å². The molecule has 0 spiro atoms. The number of nitrogens with zero attached hydrogens (tertiary/aromatic N) is 1. The van der Waals surface area contributed by atoms with Crippen LogP contribution in [0.15, 0.2) is 42.5 Å². The molecule has 6 N–H and O–H groups in total. The highest BCUT2D eigenvalue weighted by molar-refractivity contribution is 5.95. The van der Waals surface area contributed by atoms with E-state index in [1.807, 2.05) is 42.5 Å². The minimum atomic E-state index is -1.03. The van der Waals surface area contributed by atoms with Crippen LogP contribution in [0, 0.1) is 12.3 Å². The molecule has 1 fully saturated rings. The Kier molecular flexibility index (Phi) is 10.0. The first-order valence-corrected chi connectivity index (χ1v) is 12.7. The topological polar surface area (TPSA) is 148 Å². The quantitative estimate of drug-likeness (QED) is 0.251. The second-order valence-electron chi connectivity index (χ2n) is 9.28. The summed E-state index contributed by atoms with van der Waals surface area (Å²) in [6.45, 7) is 0.917. The third kappa shape index (κ3) is 7.30. The lowest BCUT2D eigenvalue weighted by molar-refractivity contribution is -0.139. The van der Waals surface area contributed by atoms with E-state index >= 15 is 0 Å². The van der Waals surface area contributed by atoms with Crippen LogP contribution in [-0.4, -0.2) is 59.7 Å². The van der Waals surface area contributed by atoms with Gasteiger partial charge in [-0.25, -0.2) is 0 Å². The van der Waals surface area contributed by atoms with Crippen LogP contribution in [0.2, 0.25) is 0 Å². The van der Waals surface area contributed by atoms with Crippen LogP contribution in [0.1, 0.15) is 44.1 Å². The molecule has 1 aliphatic rings. The third-order valence-electron chi connectivity index (χ3n) is 6.66. The van der Waals surface area contributed by atoms with Gasteiger partial charge in [-0.2, -0.15) is 0 Å². The van der Waals surface area contributed by atoms with Gasteiger partial charge in [-0.05, 0) is 55.0 Å². The van der Waals surface area contributed by atoms with Crippen molar-refractivity contribution in [3.05, 3.63) is 48.0 Å². The van der Waals surface area contributed by atoms with Gasteiger partial charge in [0, 0.05) is 13.0 Å². The van der Waals surface area contributed by atoms with Crippen molar-refractivity contribution in [2.75, 3.05) is 13.1 Å². The van der Waals surface area contributed by atoms with E-state index in [-0.39, 0.29) is 18.7 Å². The van der Waals surface area contributed by atoms with Gasteiger partial charge in [-0.3, -0.25) is 19.2 Å². The Hall–Kier alpha value is -3.90. The molecule has 3 rings (SSSR count). The minimum absolute atomic E-state index is 0.0520. The molecule has 9 heteroatoms. The molecule has 3 atom stereocenters. The summed E-state index contributed by atoms with van der Waals surface area (Å²) in [5, 5.41) is 7.39. The standard InChI is InChI=1S/C28H35N5O4/c1-2-9-22(26(30)35)31-27(36)23(14-5-6-16-29)32-28(37)24-15-8-17-33(24)25(34)18-20-12-7-11-19-10-3-4-13-21(19)20/h1,3-4,7,10-13,22-24H,5-6,8-9,14-18,29H2,(H2,30,35)(H,31,36)(H,32,37)/t22?,23?,24-/m0/s1. The number of nitrogens with one attached hydrogen (secondary N) is 2. The first kappa shape index (κ1) is 27.7. The maximum absolute atomic E-state index is 13.3. The van der Waals surface area contributed by atoms with Crippen molar-refractivity contribution in [2.24, 2.45) is 11.5 Å². The van der Waals surface area contributed by atoms with E-state index in [0.717, 1.165) is 16.3 Å². The first-order valence-electron chi connectivity index (χ1n) is 12.7. The Bertz CT molecular complexity index is 1170. The molecule has 2 unspecified atom stereocenters. The number of carbonyl (C=O) groups excluding carboxylic acids is 4. The highest BCUT2D eigenvalue weighted by Crippen LogP contribution is 2.23. The SMILES string of the molecule is C#CCC(NC(=O)C(CCCCN)NC(=O)[C@@H]1CCCN1C(=O)Cc1cccc2ccccc12)C(N)=O. The molecule has 0 aliphatic carbocycles. The number of nitrogens with two attached hydrogens (primary N) is 2. The molecule has 2 aromatic carbocycles. The largest absolute Gasteiger partial charge is 0.368 e. The van der Waals surface area contributed by atoms with Crippen LogP contribution < -0.4 is 22.1 Å². The lowest BCUT2D eigenvalue weighted by Gasteiger charge is -2.27. The van der Waals surface area contributed by atoms with Crippen molar-refractivity contribution in [2.45, 2.75) is 63.1 Å². The van der Waals surface area contributed by atoms with Gasteiger partial charge in [0.15, 0.2) is 0 Å². The number of hydrogen-bond donors (Lipinski definition) is 4. The maximum Gasteiger partial charge on any atom is 0.243 e. The number of hydrogen-bond acceptors (Lipinski definition) is 5. The van der Waals surface area contributed by atoms with Gasteiger partial charge >= 0.3 is 0 Å². The summed E-state index contributed by atoms with van der Waals surface area (Å²) >= 11 is 0. The second-order valence-corrected chi connectivity index (χ2v) is 9.28. The molecule has 9 nitrogen and oxygen atoms in total. The summed E-state index contributed by atoms with van der Waals surface area (Å²) in [6, 6.07) is 11.1. The van der Waals surface area contributed by atoms with Crippen LogP contribution in [0.25, 0.3) is 10.8 Å². The zero-order chi connectivity index (χ0) is 26.8. The molecule has 0 bridgehead atoms. The maximum atomic E-state index is 13.3. The predicted octanol–water partition coefficient (Wildman–Crippen LogP) is 0.981. The highest BCUT2D eigenvalue weighted by atomic mass is 16.2. The number of benzene rings is 2. The number of likely N-dealkylation sites (tertiary alicyclic amines) is 1. The zero-order valence-electron chi connectivity index (χ0n) is 20.9. The predicted molar refractivity (Wildman–Crippen MR) is 142 cm³/mol. The molecule has 4 amide bonds. The molecule has 1 heterocycles. The molecule has 2 aromatic rings. The van der Waals surface area contributed by atoms with Gasteiger partial charge in [0.2, 0.25) is 23.6 Å². The molecule has 37 heavy (non-hydrogen) atoms. The normalized spacial score (nSPS) is 16.5. The smallest absolute Gasteiger partial charge is 0.243 e. The number of carbonyl (C=O) groups is 4. The van der Waals surface area contributed by atoms with E-state index < -0.39 is 35.8 Å². The summed E-state index contributed by atoms with van der Waals surface area (Å²) in [4.78, 5) is 52.8. The van der Waals surface area contributed by atoms with Crippen molar-refractivity contribution in [1.82, 2.24) is 15.5 Å². The van der Waals surface area contributed by atoms with E-state index in [4.69, 9.17) is 17.9 Å². The Balaban J connectivity index is 1.70. The number of fused-ring (bicyclic) bond motifs is 1.